The van der Waals surface area contributed by atoms with Crippen LogP contribution in [0, 0.1) is 0 Å². The van der Waals surface area contributed by atoms with Crippen LogP contribution < -0.4 is 0 Å². The number of halogens is 2. The molecule has 0 bridgehead atoms. The highest BCUT2D eigenvalue weighted by Gasteiger charge is 2.33. The van der Waals surface area contributed by atoms with E-state index in [0.29, 0.717) is 13.2 Å². The number of rotatable bonds is 20. The van der Waals surface area contributed by atoms with Gasteiger partial charge in [-0.1, -0.05) is 44.4 Å². The molecule has 42 heavy (non-hydrogen) atoms. The summed E-state index contributed by atoms with van der Waals surface area (Å²) < 4.78 is 48.2. The van der Waals surface area contributed by atoms with E-state index in [1.54, 1.807) is 12.3 Å². The number of aryl methyl sites for hydroxylation is 1. The Morgan fingerprint density at radius 2 is 1.33 bits per heavy atom. The maximum Gasteiger partial charge on any atom is 0.312 e. The minimum absolute atomic E-state index is 0.277. The van der Waals surface area contributed by atoms with Crippen LogP contribution in [0.5, 0.6) is 0 Å². The number of unbranched alkanes of at least 4 members (excludes halogenated alkanes) is 6. The van der Waals surface area contributed by atoms with E-state index in [4.69, 9.17) is 14.2 Å². The normalized spacial score (nSPS) is 12.1. The number of aromatic nitrogens is 3. The monoisotopic (exact) mass is 581 g/mol. The maximum absolute atomic E-state index is 14.7. The minimum Gasteiger partial charge on any atom is -0.381 e. The van der Waals surface area contributed by atoms with E-state index >= 15 is 0 Å². The second kappa shape index (κ2) is 16.6. The molecule has 0 aliphatic heterocycles. The molecule has 4 aromatic rings. The Bertz CT molecular complexity index is 1360. The van der Waals surface area contributed by atoms with E-state index in [1.165, 1.54) is 25.1 Å². The Kier molecular flexibility index (Phi) is 12.7. The van der Waals surface area contributed by atoms with Gasteiger partial charge in [0.2, 0.25) is 0 Å². The molecular formula is C34H45F2N3O3. The first kappa shape index (κ1) is 32.0. The van der Waals surface area contributed by atoms with Crippen molar-refractivity contribution in [2.75, 3.05) is 39.6 Å². The van der Waals surface area contributed by atoms with Gasteiger partial charge in [-0.2, -0.15) is 8.78 Å². The molecular weight excluding hydrogens is 536 g/mol. The second-order valence-corrected chi connectivity index (χ2v) is 10.9. The molecule has 8 heteroatoms. The third kappa shape index (κ3) is 9.03. The lowest BCUT2D eigenvalue weighted by molar-refractivity contribution is -0.0862. The van der Waals surface area contributed by atoms with Gasteiger partial charge in [0.25, 0.3) is 0 Å². The van der Waals surface area contributed by atoms with Crippen LogP contribution >= 0.6 is 0 Å². The van der Waals surface area contributed by atoms with Gasteiger partial charge in [0.15, 0.2) is 0 Å². The SMILES string of the molecule is CCCCOCCCCCCOCCCCCOCC(F)(F)c1ccc(-c2ccc3c4cnccc4n(C)c3c2)cn1. The topological polar surface area (TPSA) is 58.4 Å². The Balaban J connectivity index is 1.10. The van der Waals surface area contributed by atoms with E-state index in [1.807, 2.05) is 31.4 Å². The molecule has 4 rings (SSSR count). The van der Waals surface area contributed by atoms with Gasteiger partial charge in [0, 0.05) is 80.5 Å². The lowest BCUT2D eigenvalue weighted by atomic mass is 10.0. The lowest BCUT2D eigenvalue weighted by Gasteiger charge is -2.16. The molecule has 0 N–H and O–H groups in total. The van der Waals surface area contributed by atoms with E-state index in [9.17, 15) is 8.78 Å². The van der Waals surface area contributed by atoms with Crippen molar-refractivity contribution < 1.29 is 23.0 Å². The molecule has 0 spiro atoms. The highest BCUT2D eigenvalue weighted by Crippen LogP contribution is 2.32. The van der Waals surface area contributed by atoms with E-state index in [-0.39, 0.29) is 5.69 Å². The standard InChI is InChI=1S/C34H45F2N3O3/c1-3-4-18-40-19-8-5-6-9-20-41-21-10-7-11-22-42-26-34(35,36)33-15-13-28(24-38-33)27-12-14-29-30-25-37-17-16-31(30)39(2)32(29)23-27/h12-17,23-25H,3-11,18-22,26H2,1-2H3. The van der Waals surface area contributed by atoms with E-state index in [2.05, 4.69) is 27.5 Å². The van der Waals surface area contributed by atoms with Gasteiger partial charge >= 0.3 is 5.92 Å². The molecule has 0 fully saturated rings. The Hall–Kier alpha value is -2.94. The summed E-state index contributed by atoms with van der Waals surface area (Å²) in [4.78, 5) is 8.34. The van der Waals surface area contributed by atoms with Crippen molar-refractivity contribution in [1.82, 2.24) is 14.5 Å². The van der Waals surface area contributed by atoms with Crippen molar-refractivity contribution in [3.8, 4) is 11.1 Å². The summed E-state index contributed by atoms with van der Waals surface area (Å²) in [5.74, 6) is -3.14. The third-order valence-electron chi connectivity index (χ3n) is 7.61. The van der Waals surface area contributed by atoms with Gasteiger partial charge in [0.1, 0.15) is 12.3 Å². The Morgan fingerprint density at radius 3 is 2.00 bits per heavy atom. The van der Waals surface area contributed by atoms with Crippen molar-refractivity contribution in [3.63, 3.8) is 0 Å². The zero-order chi connectivity index (χ0) is 29.6. The number of benzene rings is 1. The zero-order valence-corrected chi connectivity index (χ0v) is 25.1. The van der Waals surface area contributed by atoms with Gasteiger partial charge < -0.3 is 18.8 Å². The predicted octanol–water partition coefficient (Wildman–Crippen LogP) is 8.46. The first-order chi connectivity index (χ1) is 20.5. The summed E-state index contributed by atoms with van der Waals surface area (Å²) in [5.41, 5.74) is 3.59. The van der Waals surface area contributed by atoms with Crippen LogP contribution in [-0.2, 0) is 27.2 Å². The molecule has 228 valence electrons. The molecule has 0 radical (unpaired) electrons. The van der Waals surface area contributed by atoms with E-state index in [0.717, 1.165) is 97.7 Å². The number of nitrogens with zero attached hydrogens (tertiary/aromatic N) is 3. The largest absolute Gasteiger partial charge is 0.381 e. The highest BCUT2D eigenvalue weighted by molar-refractivity contribution is 6.08. The molecule has 3 heterocycles. The van der Waals surface area contributed by atoms with Crippen LogP contribution in [0.4, 0.5) is 8.78 Å². The highest BCUT2D eigenvalue weighted by atomic mass is 19.3. The summed E-state index contributed by atoms with van der Waals surface area (Å²) in [7, 11) is 2.01. The van der Waals surface area contributed by atoms with Crippen LogP contribution in [0.15, 0.2) is 55.0 Å². The molecule has 3 aromatic heterocycles. The van der Waals surface area contributed by atoms with Crippen LogP contribution in [-0.4, -0.2) is 54.2 Å². The first-order valence-corrected chi connectivity index (χ1v) is 15.4. The number of hydrogen-bond donors (Lipinski definition) is 0. The van der Waals surface area contributed by atoms with Gasteiger partial charge in [0.05, 0.1) is 5.52 Å². The van der Waals surface area contributed by atoms with E-state index < -0.39 is 12.5 Å². The number of ether oxygens (including phenoxy) is 3. The summed E-state index contributed by atoms with van der Waals surface area (Å²) in [6.45, 7) is 5.02. The minimum atomic E-state index is -3.14. The average Bonchev–Trinajstić information content (AvgIpc) is 3.30. The number of alkyl halides is 2. The average molecular weight is 582 g/mol. The smallest absolute Gasteiger partial charge is 0.312 e. The predicted molar refractivity (Wildman–Crippen MR) is 165 cm³/mol. The molecule has 0 aliphatic rings. The van der Waals surface area contributed by atoms with Crippen molar-refractivity contribution in [2.45, 2.75) is 70.6 Å². The lowest BCUT2D eigenvalue weighted by Crippen LogP contribution is -2.22. The van der Waals surface area contributed by atoms with Gasteiger partial charge in [-0.05, 0) is 62.3 Å². The fraction of sp³-hybridized carbons (Fsp3) is 0.529. The number of pyridine rings is 2. The summed E-state index contributed by atoms with van der Waals surface area (Å²) in [6.07, 6.45) is 14.5. The molecule has 0 amide bonds. The summed E-state index contributed by atoms with van der Waals surface area (Å²) in [5, 5.41) is 2.19. The van der Waals surface area contributed by atoms with Crippen LogP contribution in [0.3, 0.4) is 0 Å². The van der Waals surface area contributed by atoms with Crippen molar-refractivity contribution in [3.05, 3.63) is 60.7 Å². The van der Waals surface area contributed by atoms with Crippen LogP contribution in [0.2, 0.25) is 0 Å². The van der Waals surface area contributed by atoms with Crippen molar-refractivity contribution >= 4 is 21.8 Å². The third-order valence-corrected chi connectivity index (χ3v) is 7.61. The van der Waals surface area contributed by atoms with Crippen LogP contribution in [0.25, 0.3) is 32.9 Å². The van der Waals surface area contributed by atoms with Crippen molar-refractivity contribution in [1.29, 1.82) is 0 Å². The molecule has 0 atom stereocenters. The fourth-order valence-corrected chi connectivity index (χ4v) is 5.09. The molecule has 0 saturated carbocycles. The molecule has 0 aliphatic carbocycles. The van der Waals surface area contributed by atoms with Crippen molar-refractivity contribution in [2.24, 2.45) is 7.05 Å². The molecule has 0 unspecified atom stereocenters. The van der Waals surface area contributed by atoms with Gasteiger partial charge in [-0.25, -0.2) is 0 Å². The summed E-state index contributed by atoms with van der Waals surface area (Å²) >= 11 is 0. The number of fused-ring (bicyclic) bond motifs is 3. The fourth-order valence-electron chi connectivity index (χ4n) is 5.09. The van der Waals surface area contributed by atoms with Gasteiger partial charge in [-0.3, -0.25) is 9.97 Å². The van der Waals surface area contributed by atoms with Gasteiger partial charge in [-0.15, -0.1) is 0 Å². The molecule has 0 saturated heterocycles. The quantitative estimate of drug-likeness (QED) is 0.0980. The second-order valence-electron chi connectivity index (χ2n) is 10.9. The summed E-state index contributed by atoms with van der Waals surface area (Å²) in [6, 6.07) is 11.2. The zero-order valence-electron chi connectivity index (χ0n) is 25.1. The van der Waals surface area contributed by atoms with Crippen LogP contribution in [0.1, 0.15) is 70.4 Å². The molecule has 6 nitrogen and oxygen atoms in total. The Morgan fingerprint density at radius 1 is 0.690 bits per heavy atom. The first-order valence-electron chi connectivity index (χ1n) is 15.4. The molecule has 1 aromatic carbocycles. The maximum atomic E-state index is 14.7. The number of hydrogen-bond acceptors (Lipinski definition) is 5. The Labute approximate surface area is 248 Å².